The first-order valence-corrected chi connectivity index (χ1v) is 7.06. The highest BCUT2D eigenvalue weighted by molar-refractivity contribution is 6.38. The third-order valence-electron chi connectivity index (χ3n) is 3.06. The molecule has 0 aliphatic carbocycles. The first-order chi connectivity index (χ1) is 11.4. The highest BCUT2D eigenvalue weighted by Gasteiger charge is 2.41. The van der Waals surface area contributed by atoms with Gasteiger partial charge >= 0.3 is 12.4 Å². The predicted octanol–water partition coefficient (Wildman–Crippen LogP) is 4.58. The lowest BCUT2D eigenvalue weighted by Gasteiger charge is -2.16. The predicted molar refractivity (Wildman–Crippen MR) is 77.0 cm³/mol. The number of halogens is 8. The van der Waals surface area contributed by atoms with Gasteiger partial charge in [0, 0.05) is 7.05 Å². The molecule has 0 fully saturated rings. The van der Waals surface area contributed by atoms with Crippen molar-refractivity contribution in [2.24, 2.45) is 0 Å². The second-order valence-corrected chi connectivity index (χ2v) is 5.49. The third-order valence-corrected chi connectivity index (χ3v) is 3.64. The number of carbonyl (C=O) groups is 1. The van der Waals surface area contributed by atoms with Gasteiger partial charge in [0.1, 0.15) is 6.33 Å². The van der Waals surface area contributed by atoms with Crippen molar-refractivity contribution in [2.45, 2.75) is 12.4 Å². The minimum absolute atomic E-state index is 0.329. The van der Waals surface area contributed by atoms with Crippen LogP contribution in [0.4, 0.5) is 26.3 Å². The van der Waals surface area contributed by atoms with E-state index in [1.165, 1.54) is 0 Å². The van der Waals surface area contributed by atoms with Gasteiger partial charge in [-0.05, 0) is 12.1 Å². The van der Waals surface area contributed by atoms with E-state index < -0.39 is 50.9 Å². The molecule has 0 aliphatic rings. The number of benzene rings is 1. The van der Waals surface area contributed by atoms with Gasteiger partial charge in [0.2, 0.25) is 0 Å². The topological polar surface area (TPSA) is 46.9 Å². The van der Waals surface area contributed by atoms with Crippen LogP contribution in [0.15, 0.2) is 18.5 Å². The van der Waals surface area contributed by atoms with Crippen LogP contribution in [0.1, 0.15) is 21.7 Å². The highest BCUT2D eigenvalue weighted by Crippen LogP contribution is 2.40. The van der Waals surface area contributed by atoms with Gasteiger partial charge in [-0.2, -0.15) is 26.3 Å². The van der Waals surface area contributed by atoms with Gasteiger partial charge in [0.05, 0.1) is 21.3 Å². The number of nitrogens with one attached hydrogen (secondary N) is 1. The number of hydrogen-bond acceptors (Lipinski definition) is 2. The Morgan fingerprint density at radius 2 is 1.60 bits per heavy atom. The van der Waals surface area contributed by atoms with Gasteiger partial charge in [-0.15, -0.1) is 0 Å². The van der Waals surface area contributed by atoms with E-state index in [-0.39, 0.29) is 0 Å². The zero-order chi connectivity index (χ0) is 19.2. The zero-order valence-corrected chi connectivity index (χ0v) is 13.6. The Hall–Kier alpha value is -1.94. The molecule has 2 aromatic rings. The Labute approximate surface area is 146 Å². The van der Waals surface area contributed by atoms with E-state index in [4.69, 9.17) is 23.2 Å². The molecular weight excluding hydrogens is 399 g/mol. The van der Waals surface area contributed by atoms with Crippen LogP contribution in [0.5, 0.6) is 0 Å². The van der Waals surface area contributed by atoms with Crippen LogP contribution in [-0.4, -0.2) is 22.5 Å². The van der Waals surface area contributed by atoms with E-state index in [1.54, 1.807) is 0 Å². The average Bonchev–Trinajstić information content (AvgIpc) is 2.89. The number of imidazole rings is 1. The van der Waals surface area contributed by atoms with E-state index in [2.05, 4.69) is 4.98 Å². The van der Waals surface area contributed by atoms with Crippen molar-refractivity contribution in [1.82, 2.24) is 14.9 Å². The quantitative estimate of drug-likeness (QED) is 0.743. The molecule has 1 N–H and O–H groups in total. The summed E-state index contributed by atoms with van der Waals surface area (Å²) in [5.74, 6) is -1.13. The largest absolute Gasteiger partial charge is 0.434 e. The van der Waals surface area contributed by atoms with E-state index in [0.717, 1.165) is 7.05 Å². The second kappa shape index (κ2) is 6.41. The van der Waals surface area contributed by atoms with Gasteiger partial charge < -0.3 is 5.32 Å². The molecular formula is C13H7Cl2F6N3O. The molecule has 0 saturated carbocycles. The van der Waals surface area contributed by atoms with Crippen LogP contribution in [0.3, 0.4) is 0 Å². The molecule has 0 spiro atoms. The molecule has 2 rings (SSSR count). The molecule has 0 radical (unpaired) electrons. The van der Waals surface area contributed by atoms with Crippen molar-refractivity contribution < 1.29 is 31.1 Å². The summed E-state index contributed by atoms with van der Waals surface area (Å²) >= 11 is 11.4. The second-order valence-electron chi connectivity index (χ2n) is 4.67. The number of alkyl halides is 6. The summed E-state index contributed by atoms with van der Waals surface area (Å²) in [7, 11) is 1.10. The summed E-state index contributed by atoms with van der Waals surface area (Å²) < 4.78 is 78.6. The summed E-state index contributed by atoms with van der Waals surface area (Å²) in [6.45, 7) is 0. The fourth-order valence-electron chi connectivity index (χ4n) is 2.03. The minimum Gasteiger partial charge on any atom is -0.354 e. The summed E-state index contributed by atoms with van der Waals surface area (Å²) in [5.41, 5.74) is -4.30. The molecule has 25 heavy (non-hydrogen) atoms. The lowest BCUT2D eigenvalue weighted by atomic mass is 10.2. The number of nitrogens with zero attached hydrogens (tertiary/aromatic N) is 2. The van der Waals surface area contributed by atoms with Gasteiger partial charge in [-0.1, -0.05) is 23.2 Å². The highest BCUT2D eigenvalue weighted by atomic mass is 35.5. The monoisotopic (exact) mass is 405 g/mol. The standard InChI is InChI=1S/C13H7Cl2F6N3O/c1-22-11(25)8-10(13(19,20)21)24(4-23-8)9-6(14)2-5(3-7(9)15)12(16,17)18/h2-4H,1H3,(H,22,25). The van der Waals surface area contributed by atoms with Crippen molar-refractivity contribution in [3.8, 4) is 5.69 Å². The van der Waals surface area contributed by atoms with E-state index in [0.29, 0.717) is 23.0 Å². The lowest BCUT2D eigenvalue weighted by molar-refractivity contribution is -0.142. The summed E-state index contributed by atoms with van der Waals surface area (Å²) in [6, 6.07) is 0.866. The number of rotatable bonds is 2. The molecule has 1 heterocycles. The molecule has 1 aromatic carbocycles. The zero-order valence-electron chi connectivity index (χ0n) is 12.1. The van der Waals surface area contributed by atoms with Crippen LogP contribution < -0.4 is 5.32 Å². The molecule has 0 saturated heterocycles. The lowest BCUT2D eigenvalue weighted by Crippen LogP contribution is -2.24. The van der Waals surface area contributed by atoms with Gasteiger partial charge in [0.15, 0.2) is 11.4 Å². The van der Waals surface area contributed by atoms with E-state index in [1.807, 2.05) is 5.32 Å². The van der Waals surface area contributed by atoms with Gasteiger partial charge in [0.25, 0.3) is 5.91 Å². The number of amides is 1. The maximum Gasteiger partial charge on any atom is 0.434 e. The average molecular weight is 406 g/mol. The summed E-state index contributed by atoms with van der Waals surface area (Å²) in [5, 5.41) is 0.610. The van der Waals surface area contributed by atoms with Crippen LogP contribution in [0.2, 0.25) is 10.0 Å². The number of hydrogen-bond donors (Lipinski definition) is 1. The molecule has 0 atom stereocenters. The van der Waals surface area contributed by atoms with Crippen LogP contribution in [-0.2, 0) is 12.4 Å². The van der Waals surface area contributed by atoms with Crippen LogP contribution >= 0.6 is 23.2 Å². The molecule has 12 heteroatoms. The minimum atomic E-state index is -5.05. The fourth-order valence-corrected chi connectivity index (χ4v) is 2.70. The number of carbonyl (C=O) groups excluding carboxylic acids is 1. The van der Waals surface area contributed by atoms with Gasteiger partial charge in [-0.3, -0.25) is 9.36 Å². The smallest absolute Gasteiger partial charge is 0.354 e. The first-order valence-electron chi connectivity index (χ1n) is 6.31. The van der Waals surface area contributed by atoms with Crippen LogP contribution in [0, 0.1) is 0 Å². The maximum absolute atomic E-state index is 13.3. The van der Waals surface area contributed by atoms with Crippen molar-refractivity contribution >= 4 is 29.1 Å². The van der Waals surface area contributed by atoms with E-state index >= 15 is 0 Å². The van der Waals surface area contributed by atoms with Crippen molar-refractivity contribution in [3.05, 3.63) is 45.5 Å². The van der Waals surface area contributed by atoms with Gasteiger partial charge in [-0.25, -0.2) is 4.98 Å². The van der Waals surface area contributed by atoms with Crippen molar-refractivity contribution in [3.63, 3.8) is 0 Å². The van der Waals surface area contributed by atoms with Crippen molar-refractivity contribution in [1.29, 1.82) is 0 Å². The maximum atomic E-state index is 13.3. The Balaban J connectivity index is 2.76. The Morgan fingerprint density at radius 3 is 2.00 bits per heavy atom. The fraction of sp³-hybridized carbons (Fsp3) is 0.231. The molecule has 1 aromatic heterocycles. The Bertz CT molecular complexity index is 805. The molecule has 4 nitrogen and oxygen atoms in total. The van der Waals surface area contributed by atoms with E-state index in [9.17, 15) is 31.1 Å². The molecule has 136 valence electrons. The molecule has 0 aliphatic heterocycles. The summed E-state index contributed by atoms with van der Waals surface area (Å²) in [6.07, 6.45) is -9.23. The Morgan fingerprint density at radius 1 is 1.08 bits per heavy atom. The van der Waals surface area contributed by atoms with Crippen molar-refractivity contribution in [2.75, 3.05) is 7.05 Å². The molecule has 0 unspecified atom stereocenters. The normalized spacial score (nSPS) is 12.4. The third kappa shape index (κ3) is 3.69. The first kappa shape index (κ1) is 19.4. The number of aromatic nitrogens is 2. The van der Waals surface area contributed by atoms with Crippen LogP contribution in [0.25, 0.3) is 5.69 Å². The summed E-state index contributed by atoms with van der Waals surface area (Å²) in [4.78, 5) is 15.0. The molecule has 1 amide bonds. The Kier molecular flexibility index (Phi) is 4.97. The molecule has 0 bridgehead atoms. The SMILES string of the molecule is CNC(=O)c1ncn(-c2c(Cl)cc(C(F)(F)F)cc2Cl)c1C(F)(F)F.